The van der Waals surface area contributed by atoms with E-state index in [2.05, 4.69) is 27.9 Å². The van der Waals surface area contributed by atoms with Crippen LogP contribution in [0.15, 0.2) is 35.3 Å². The summed E-state index contributed by atoms with van der Waals surface area (Å²) < 4.78 is 0.962. The molecule has 0 spiro atoms. The summed E-state index contributed by atoms with van der Waals surface area (Å²) in [6.07, 6.45) is 3.70. The zero-order chi connectivity index (χ0) is 11.3. The molecular formula is C11H14BrClN2. The van der Waals surface area contributed by atoms with Gasteiger partial charge in [-0.2, -0.15) is 0 Å². The lowest BCUT2D eigenvalue weighted by Crippen LogP contribution is -2.27. The second kappa shape index (κ2) is 6.28. The summed E-state index contributed by atoms with van der Waals surface area (Å²) in [5, 5.41) is 0.707. The number of benzene rings is 1. The van der Waals surface area contributed by atoms with Crippen molar-refractivity contribution in [1.82, 2.24) is 5.43 Å². The first-order valence-corrected chi connectivity index (χ1v) is 5.87. The van der Waals surface area contributed by atoms with Gasteiger partial charge in [-0.1, -0.05) is 33.6 Å². The Morgan fingerprint density at radius 2 is 2.27 bits per heavy atom. The van der Waals surface area contributed by atoms with Crippen LogP contribution in [0.2, 0.25) is 5.02 Å². The Morgan fingerprint density at radius 3 is 2.80 bits per heavy atom. The summed E-state index contributed by atoms with van der Waals surface area (Å²) in [4.78, 5) is 0. The van der Waals surface area contributed by atoms with Gasteiger partial charge in [0.25, 0.3) is 0 Å². The number of hydrogen-bond donors (Lipinski definition) is 2. The first-order valence-electron chi connectivity index (χ1n) is 4.70. The Hall–Kier alpha value is -0.350. The molecule has 1 aromatic carbocycles. The lowest BCUT2D eigenvalue weighted by Gasteiger charge is -2.16. The van der Waals surface area contributed by atoms with E-state index in [9.17, 15) is 0 Å². The summed E-state index contributed by atoms with van der Waals surface area (Å²) in [7, 11) is 0. The van der Waals surface area contributed by atoms with Crippen LogP contribution < -0.4 is 11.3 Å². The van der Waals surface area contributed by atoms with Crippen molar-refractivity contribution < 1.29 is 0 Å². The Bertz CT molecular complexity index is 321. The third-order valence-electron chi connectivity index (χ3n) is 2.15. The Balaban J connectivity index is 2.85. The average Bonchev–Trinajstić information content (AvgIpc) is 2.17. The Kier molecular flexibility index (Phi) is 5.32. The second-order valence-electron chi connectivity index (χ2n) is 3.29. The molecule has 0 aliphatic rings. The van der Waals surface area contributed by atoms with E-state index in [1.165, 1.54) is 0 Å². The van der Waals surface area contributed by atoms with Gasteiger partial charge in [-0.3, -0.25) is 11.3 Å². The number of hydrazine groups is 1. The molecule has 0 aromatic heterocycles. The highest BCUT2D eigenvalue weighted by Gasteiger charge is 2.09. The normalized spacial score (nSPS) is 12.5. The van der Waals surface area contributed by atoms with Gasteiger partial charge in [-0.25, -0.2) is 0 Å². The summed E-state index contributed by atoms with van der Waals surface area (Å²) >= 11 is 9.37. The van der Waals surface area contributed by atoms with Gasteiger partial charge in [0.1, 0.15) is 0 Å². The van der Waals surface area contributed by atoms with Crippen LogP contribution >= 0.6 is 27.5 Å². The first-order chi connectivity index (χ1) is 7.17. The molecule has 0 bridgehead atoms. The van der Waals surface area contributed by atoms with E-state index in [1.807, 2.05) is 24.3 Å². The molecule has 1 rings (SSSR count). The van der Waals surface area contributed by atoms with Gasteiger partial charge in [0.15, 0.2) is 0 Å². The van der Waals surface area contributed by atoms with Crippen LogP contribution in [0.4, 0.5) is 0 Å². The van der Waals surface area contributed by atoms with Gasteiger partial charge >= 0.3 is 0 Å². The van der Waals surface area contributed by atoms with Gasteiger partial charge in [-0.15, -0.1) is 6.58 Å². The van der Waals surface area contributed by atoms with E-state index in [1.54, 1.807) is 0 Å². The molecule has 3 N–H and O–H groups in total. The van der Waals surface area contributed by atoms with Crippen LogP contribution in [0.3, 0.4) is 0 Å². The van der Waals surface area contributed by atoms with Crippen molar-refractivity contribution in [3.8, 4) is 0 Å². The van der Waals surface area contributed by atoms with E-state index in [4.69, 9.17) is 17.4 Å². The van der Waals surface area contributed by atoms with Crippen molar-refractivity contribution in [2.24, 2.45) is 5.84 Å². The van der Waals surface area contributed by atoms with Crippen LogP contribution in [0, 0.1) is 0 Å². The molecule has 1 aromatic rings. The topological polar surface area (TPSA) is 38.0 Å². The highest BCUT2D eigenvalue weighted by Crippen LogP contribution is 2.25. The minimum absolute atomic E-state index is 0.109. The molecule has 82 valence electrons. The van der Waals surface area contributed by atoms with Crippen LogP contribution in [0.1, 0.15) is 24.4 Å². The maximum Gasteiger partial charge on any atom is 0.0463 e. The fourth-order valence-electron chi connectivity index (χ4n) is 1.41. The van der Waals surface area contributed by atoms with E-state index >= 15 is 0 Å². The summed E-state index contributed by atoms with van der Waals surface area (Å²) in [5.41, 5.74) is 3.86. The molecule has 0 heterocycles. The van der Waals surface area contributed by atoms with Crippen molar-refractivity contribution in [3.05, 3.63) is 45.9 Å². The zero-order valence-electron chi connectivity index (χ0n) is 8.34. The third-order valence-corrected chi connectivity index (χ3v) is 2.82. The Morgan fingerprint density at radius 1 is 1.53 bits per heavy atom. The maximum absolute atomic E-state index is 5.97. The van der Waals surface area contributed by atoms with Crippen molar-refractivity contribution >= 4 is 27.5 Å². The fraction of sp³-hybridized carbons (Fsp3) is 0.273. The minimum atomic E-state index is 0.109. The lowest BCUT2D eigenvalue weighted by atomic mass is 10.0. The number of rotatable bonds is 5. The van der Waals surface area contributed by atoms with Gasteiger partial charge < -0.3 is 0 Å². The molecule has 0 fully saturated rings. The van der Waals surface area contributed by atoms with Gasteiger partial charge in [0.05, 0.1) is 0 Å². The standard InChI is InChI=1S/C11H14BrClN2/c1-2-3-4-11(15-14)8-5-9(12)7-10(13)6-8/h2,5-7,11,15H,1,3-4,14H2. The predicted molar refractivity (Wildman–Crippen MR) is 68.6 cm³/mol. The van der Waals surface area contributed by atoms with E-state index in [-0.39, 0.29) is 6.04 Å². The summed E-state index contributed by atoms with van der Waals surface area (Å²) in [6, 6.07) is 5.89. The SMILES string of the molecule is C=CCCC(NN)c1cc(Cl)cc(Br)c1. The van der Waals surface area contributed by atoms with Gasteiger partial charge in [0, 0.05) is 15.5 Å². The van der Waals surface area contributed by atoms with E-state index < -0.39 is 0 Å². The smallest absolute Gasteiger partial charge is 0.0463 e. The van der Waals surface area contributed by atoms with Crippen LogP contribution in [0.5, 0.6) is 0 Å². The fourth-order valence-corrected chi connectivity index (χ4v) is 2.29. The lowest BCUT2D eigenvalue weighted by molar-refractivity contribution is 0.521. The van der Waals surface area contributed by atoms with Crippen molar-refractivity contribution in [2.45, 2.75) is 18.9 Å². The van der Waals surface area contributed by atoms with Crippen LogP contribution in [0.25, 0.3) is 0 Å². The second-order valence-corrected chi connectivity index (χ2v) is 4.64. The average molecular weight is 290 g/mol. The van der Waals surface area contributed by atoms with E-state index in [0.29, 0.717) is 5.02 Å². The van der Waals surface area contributed by atoms with Gasteiger partial charge in [0.2, 0.25) is 0 Å². The van der Waals surface area contributed by atoms with Crippen molar-refractivity contribution in [3.63, 3.8) is 0 Å². The molecule has 0 radical (unpaired) electrons. The maximum atomic E-state index is 5.97. The number of nitrogens with one attached hydrogen (secondary N) is 1. The van der Waals surface area contributed by atoms with Gasteiger partial charge in [-0.05, 0) is 36.6 Å². The number of halogens is 2. The van der Waals surface area contributed by atoms with Crippen LogP contribution in [-0.4, -0.2) is 0 Å². The quantitative estimate of drug-likeness (QED) is 0.494. The highest BCUT2D eigenvalue weighted by molar-refractivity contribution is 9.10. The number of allylic oxidation sites excluding steroid dienone is 1. The highest BCUT2D eigenvalue weighted by atomic mass is 79.9. The molecule has 1 unspecified atom stereocenters. The largest absolute Gasteiger partial charge is 0.271 e. The molecule has 2 nitrogen and oxygen atoms in total. The monoisotopic (exact) mass is 288 g/mol. The Labute approximate surface area is 104 Å². The molecule has 0 aliphatic carbocycles. The molecular weight excluding hydrogens is 275 g/mol. The first kappa shape index (κ1) is 12.7. The van der Waals surface area contributed by atoms with E-state index in [0.717, 1.165) is 22.9 Å². The molecule has 0 amide bonds. The van der Waals surface area contributed by atoms with Crippen molar-refractivity contribution in [2.75, 3.05) is 0 Å². The molecule has 0 saturated carbocycles. The number of nitrogens with two attached hydrogens (primary N) is 1. The van der Waals surface area contributed by atoms with Crippen molar-refractivity contribution in [1.29, 1.82) is 0 Å². The van der Waals surface area contributed by atoms with Crippen LogP contribution in [-0.2, 0) is 0 Å². The molecule has 0 saturated heterocycles. The zero-order valence-corrected chi connectivity index (χ0v) is 10.7. The number of hydrogen-bond acceptors (Lipinski definition) is 2. The third kappa shape index (κ3) is 3.95. The summed E-state index contributed by atoms with van der Waals surface area (Å²) in [6.45, 7) is 3.69. The molecule has 4 heteroatoms. The molecule has 1 atom stereocenters. The predicted octanol–water partition coefficient (Wildman–Crippen LogP) is 3.57. The summed E-state index contributed by atoms with van der Waals surface area (Å²) in [5.74, 6) is 5.50. The molecule has 15 heavy (non-hydrogen) atoms. The molecule has 0 aliphatic heterocycles. The minimum Gasteiger partial charge on any atom is -0.271 e.